The van der Waals surface area contributed by atoms with Gasteiger partial charge in [0.1, 0.15) is 17.3 Å². The fourth-order valence-electron chi connectivity index (χ4n) is 3.50. The second-order valence-electron chi connectivity index (χ2n) is 6.63. The highest BCUT2D eigenvalue weighted by molar-refractivity contribution is 5.84. The highest BCUT2D eigenvalue weighted by atomic mass is 16.5. The van der Waals surface area contributed by atoms with Crippen LogP contribution in [0, 0.1) is 0 Å². The minimum atomic E-state index is 0.814. The van der Waals surface area contributed by atoms with Crippen molar-refractivity contribution in [3.05, 3.63) is 53.1 Å². The van der Waals surface area contributed by atoms with Gasteiger partial charge in [0.15, 0.2) is 0 Å². The number of fused-ring (bicyclic) bond motifs is 1. The molecule has 0 spiro atoms. The summed E-state index contributed by atoms with van der Waals surface area (Å²) in [5.41, 5.74) is 3.60. The second kappa shape index (κ2) is 10.8. The van der Waals surface area contributed by atoms with E-state index in [1.807, 2.05) is 19.9 Å². The van der Waals surface area contributed by atoms with Gasteiger partial charge in [-0.3, -0.25) is 0 Å². The molecule has 0 fully saturated rings. The van der Waals surface area contributed by atoms with E-state index in [4.69, 9.17) is 14.2 Å². The third kappa shape index (κ3) is 5.10. The zero-order valence-electron chi connectivity index (χ0n) is 18.1. The Bertz CT molecular complexity index is 820. The van der Waals surface area contributed by atoms with Gasteiger partial charge >= 0.3 is 0 Å². The van der Waals surface area contributed by atoms with E-state index in [0.29, 0.717) is 0 Å². The van der Waals surface area contributed by atoms with Gasteiger partial charge in [0.2, 0.25) is 0 Å². The number of H-pyrrole nitrogens is 1. The van der Waals surface area contributed by atoms with Crippen LogP contribution in [0.25, 0.3) is 10.9 Å². The van der Waals surface area contributed by atoms with Gasteiger partial charge in [0, 0.05) is 42.2 Å². The molecule has 1 aromatic carbocycles. The molecule has 0 saturated carbocycles. The van der Waals surface area contributed by atoms with Crippen molar-refractivity contribution in [1.29, 1.82) is 0 Å². The first-order valence-corrected chi connectivity index (χ1v) is 9.99. The lowest BCUT2D eigenvalue weighted by Crippen LogP contribution is -2.26. The van der Waals surface area contributed by atoms with Crippen LogP contribution in [0.15, 0.2) is 47.6 Å². The molecular weight excluding hydrogens is 352 g/mol. The third-order valence-corrected chi connectivity index (χ3v) is 4.97. The molecule has 3 rings (SSSR count). The molecule has 2 aromatic rings. The largest absolute Gasteiger partial charge is 0.501 e. The first-order valence-electron chi connectivity index (χ1n) is 9.99. The van der Waals surface area contributed by atoms with Crippen LogP contribution in [0.2, 0.25) is 0 Å². The molecule has 0 saturated heterocycles. The highest BCUT2D eigenvalue weighted by Gasteiger charge is 2.19. The molecule has 5 nitrogen and oxygen atoms in total. The summed E-state index contributed by atoms with van der Waals surface area (Å²) in [5.74, 6) is 2.86. The average molecular weight is 387 g/mol. The van der Waals surface area contributed by atoms with Gasteiger partial charge in [-0.15, -0.1) is 0 Å². The molecule has 0 atom stereocenters. The molecule has 0 radical (unpaired) electrons. The SMILES string of the molecule is CC.COC1=CCCC(OC)=C1CN(C)CCc1c[nH]c2ccc(OC)cc12. The Balaban J connectivity index is 0.00000136. The quantitative estimate of drug-likeness (QED) is 0.701. The van der Waals surface area contributed by atoms with Crippen LogP contribution in [0.3, 0.4) is 0 Å². The standard InChI is InChI=1S/C21H28N2O3.C2H6/c1-23(14-18-20(25-3)6-5-7-21(18)26-4)11-10-15-13-22-19-9-8-16(24-2)12-17(15)19;1-2/h6,8-9,12-13,22H,5,7,10-11,14H2,1-4H3;1-2H3. The van der Waals surface area contributed by atoms with Crippen LogP contribution < -0.4 is 4.74 Å². The van der Waals surface area contributed by atoms with Crippen molar-refractivity contribution in [1.82, 2.24) is 9.88 Å². The van der Waals surface area contributed by atoms with E-state index in [0.717, 1.165) is 60.7 Å². The Morgan fingerprint density at radius 3 is 2.54 bits per heavy atom. The Labute approximate surface area is 169 Å². The molecule has 1 aromatic heterocycles. The zero-order valence-corrected chi connectivity index (χ0v) is 18.1. The number of nitrogens with one attached hydrogen (secondary N) is 1. The van der Waals surface area contributed by atoms with Crippen LogP contribution in [0.1, 0.15) is 32.3 Å². The minimum absolute atomic E-state index is 0.814. The Morgan fingerprint density at radius 1 is 1.07 bits per heavy atom. The van der Waals surface area contributed by atoms with Crippen LogP contribution in [-0.4, -0.2) is 51.4 Å². The summed E-state index contributed by atoms with van der Waals surface area (Å²) < 4.78 is 16.5. The number of ether oxygens (including phenoxy) is 3. The molecule has 1 heterocycles. The number of rotatable bonds is 8. The number of nitrogens with zero attached hydrogens (tertiary/aromatic N) is 1. The normalized spacial score (nSPS) is 13.9. The van der Waals surface area contributed by atoms with Crippen molar-refractivity contribution in [2.45, 2.75) is 33.1 Å². The lowest BCUT2D eigenvalue weighted by atomic mass is 10.0. The summed E-state index contributed by atoms with van der Waals surface area (Å²) in [5, 5.41) is 1.23. The van der Waals surface area contributed by atoms with Crippen molar-refractivity contribution in [2.24, 2.45) is 0 Å². The number of allylic oxidation sites excluding steroid dienone is 2. The number of aromatic nitrogens is 1. The van der Waals surface area contributed by atoms with E-state index in [1.54, 1.807) is 21.3 Å². The molecular formula is C23H34N2O3. The molecule has 1 N–H and O–H groups in total. The summed E-state index contributed by atoms with van der Waals surface area (Å²) in [4.78, 5) is 5.66. The molecule has 1 aliphatic carbocycles. The molecule has 0 unspecified atom stereocenters. The number of likely N-dealkylation sites (N-methyl/N-ethyl adjacent to an activating group) is 1. The monoisotopic (exact) mass is 386 g/mol. The lowest BCUT2D eigenvalue weighted by Gasteiger charge is -2.24. The highest BCUT2D eigenvalue weighted by Crippen LogP contribution is 2.27. The van der Waals surface area contributed by atoms with E-state index in [-0.39, 0.29) is 0 Å². The minimum Gasteiger partial charge on any atom is -0.501 e. The summed E-state index contributed by atoms with van der Waals surface area (Å²) >= 11 is 0. The van der Waals surface area contributed by atoms with Crippen LogP contribution in [-0.2, 0) is 15.9 Å². The molecule has 0 amide bonds. The summed E-state index contributed by atoms with van der Waals surface area (Å²) in [7, 11) is 7.31. The number of aromatic amines is 1. The van der Waals surface area contributed by atoms with Gasteiger partial charge in [-0.25, -0.2) is 0 Å². The summed E-state index contributed by atoms with van der Waals surface area (Å²) in [6.45, 7) is 5.76. The van der Waals surface area contributed by atoms with Crippen molar-refractivity contribution < 1.29 is 14.2 Å². The van der Waals surface area contributed by atoms with Crippen LogP contribution >= 0.6 is 0 Å². The maximum absolute atomic E-state index is 5.58. The Kier molecular flexibility index (Phi) is 8.45. The number of benzene rings is 1. The van der Waals surface area contributed by atoms with Gasteiger partial charge in [-0.1, -0.05) is 13.8 Å². The maximum atomic E-state index is 5.58. The van der Waals surface area contributed by atoms with Crippen molar-refractivity contribution in [2.75, 3.05) is 41.5 Å². The van der Waals surface area contributed by atoms with E-state index >= 15 is 0 Å². The maximum Gasteiger partial charge on any atom is 0.122 e. The molecule has 154 valence electrons. The third-order valence-electron chi connectivity index (χ3n) is 4.97. The first kappa shape index (κ1) is 21.9. The van der Waals surface area contributed by atoms with Crippen molar-refractivity contribution in [3.8, 4) is 5.75 Å². The summed E-state index contributed by atoms with van der Waals surface area (Å²) in [6.07, 6.45) is 7.12. The fourth-order valence-corrected chi connectivity index (χ4v) is 3.50. The number of hydrogen-bond acceptors (Lipinski definition) is 4. The summed E-state index contributed by atoms with van der Waals surface area (Å²) in [6, 6.07) is 6.14. The van der Waals surface area contributed by atoms with Gasteiger partial charge in [-0.2, -0.15) is 0 Å². The average Bonchev–Trinajstić information content (AvgIpc) is 3.15. The Morgan fingerprint density at radius 2 is 1.86 bits per heavy atom. The first-order chi connectivity index (χ1) is 13.7. The van der Waals surface area contributed by atoms with Crippen LogP contribution in [0.4, 0.5) is 0 Å². The molecule has 1 aliphatic rings. The predicted molar refractivity (Wildman–Crippen MR) is 116 cm³/mol. The van der Waals surface area contributed by atoms with Crippen molar-refractivity contribution >= 4 is 10.9 Å². The zero-order chi connectivity index (χ0) is 20.5. The number of hydrogen-bond donors (Lipinski definition) is 1. The van der Waals surface area contributed by atoms with Gasteiger partial charge in [0.05, 0.1) is 21.3 Å². The Hall–Kier alpha value is -2.40. The topological polar surface area (TPSA) is 46.7 Å². The van der Waals surface area contributed by atoms with Gasteiger partial charge < -0.3 is 24.1 Å². The fraction of sp³-hybridized carbons (Fsp3) is 0.478. The van der Waals surface area contributed by atoms with Gasteiger partial charge in [0.25, 0.3) is 0 Å². The van der Waals surface area contributed by atoms with E-state index in [1.165, 1.54) is 10.9 Å². The van der Waals surface area contributed by atoms with Crippen LogP contribution in [0.5, 0.6) is 5.75 Å². The van der Waals surface area contributed by atoms with E-state index < -0.39 is 0 Å². The van der Waals surface area contributed by atoms with E-state index in [2.05, 4.69) is 41.3 Å². The van der Waals surface area contributed by atoms with Gasteiger partial charge in [-0.05, 0) is 49.7 Å². The lowest BCUT2D eigenvalue weighted by molar-refractivity contribution is 0.236. The molecule has 0 aliphatic heterocycles. The molecule has 28 heavy (non-hydrogen) atoms. The predicted octanol–water partition coefficient (Wildman–Crippen LogP) is 4.90. The van der Waals surface area contributed by atoms with Crippen molar-refractivity contribution in [3.63, 3.8) is 0 Å². The molecule has 0 bridgehead atoms. The second-order valence-corrected chi connectivity index (χ2v) is 6.63. The van der Waals surface area contributed by atoms with E-state index in [9.17, 15) is 0 Å². The molecule has 5 heteroatoms. The number of methoxy groups -OCH3 is 3. The smallest absolute Gasteiger partial charge is 0.122 e.